The Labute approximate surface area is 182 Å². The molecule has 3 aromatic rings. The van der Waals surface area contributed by atoms with E-state index in [2.05, 4.69) is 20.9 Å². The molecule has 0 unspecified atom stereocenters. The fourth-order valence-corrected chi connectivity index (χ4v) is 4.90. The Morgan fingerprint density at radius 1 is 1.07 bits per heavy atom. The van der Waals surface area contributed by atoms with E-state index in [1.54, 1.807) is 48.7 Å². The van der Waals surface area contributed by atoms with E-state index in [0.717, 1.165) is 3.79 Å². The summed E-state index contributed by atoms with van der Waals surface area (Å²) in [6, 6.07) is 8.46. The summed E-state index contributed by atoms with van der Waals surface area (Å²) in [6.07, 6.45) is 0. The first-order valence-corrected chi connectivity index (χ1v) is 11.2. The Morgan fingerprint density at radius 3 is 2.48 bits per heavy atom. The van der Waals surface area contributed by atoms with Crippen molar-refractivity contribution < 1.29 is 23.9 Å². The second-order valence-corrected chi connectivity index (χ2v) is 9.17. The molecule has 7 nitrogen and oxygen atoms in total. The number of benzene rings is 1. The van der Waals surface area contributed by atoms with Gasteiger partial charge in [-0.3, -0.25) is 9.59 Å². The van der Waals surface area contributed by atoms with E-state index in [-0.39, 0.29) is 19.8 Å². The van der Waals surface area contributed by atoms with Gasteiger partial charge in [0, 0.05) is 0 Å². The molecule has 0 aliphatic carbocycles. The van der Waals surface area contributed by atoms with Gasteiger partial charge in [-0.25, -0.2) is 4.79 Å². The summed E-state index contributed by atoms with van der Waals surface area (Å²) in [7, 11) is 0. The van der Waals surface area contributed by atoms with Gasteiger partial charge in [0.05, 0.1) is 37.7 Å². The molecule has 0 radical (unpaired) electrons. The van der Waals surface area contributed by atoms with Gasteiger partial charge in [0.15, 0.2) is 4.80 Å². The SMILES string of the molecule is CCOC(=O)Cn1c(=NC(=O)c2ccc(Br)s2)sc2cc(C(=O)OCC)ccc21. The molecule has 29 heavy (non-hydrogen) atoms. The molecule has 2 aromatic heterocycles. The van der Waals surface area contributed by atoms with Gasteiger partial charge in [-0.15, -0.1) is 11.3 Å². The minimum absolute atomic E-state index is 0.0904. The number of rotatable bonds is 6. The summed E-state index contributed by atoms with van der Waals surface area (Å²) < 4.78 is 13.2. The number of nitrogens with zero attached hydrogens (tertiary/aromatic N) is 2. The van der Waals surface area contributed by atoms with Crippen LogP contribution in [0, 0.1) is 0 Å². The lowest BCUT2D eigenvalue weighted by atomic mass is 10.2. The van der Waals surface area contributed by atoms with E-state index < -0.39 is 17.8 Å². The largest absolute Gasteiger partial charge is 0.465 e. The topological polar surface area (TPSA) is 87.0 Å². The number of carbonyl (C=O) groups is 3. The molecular weight excluding hydrogens is 480 g/mol. The molecule has 10 heteroatoms. The number of carbonyl (C=O) groups excluding carboxylic acids is 3. The maximum Gasteiger partial charge on any atom is 0.338 e. The Hall–Kier alpha value is -2.30. The number of ether oxygens (including phenoxy) is 2. The molecule has 1 amide bonds. The Balaban J connectivity index is 2.10. The van der Waals surface area contributed by atoms with E-state index >= 15 is 0 Å². The van der Waals surface area contributed by atoms with Gasteiger partial charge >= 0.3 is 11.9 Å². The third-order valence-corrected chi connectivity index (χ3v) is 6.42. The zero-order chi connectivity index (χ0) is 21.0. The molecule has 0 spiro atoms. The molecule has 152 valence electrons. The molecule has 0 aliphatic rings. The molecule has 0 bridgehead atoms. The quantitative estimate of drug-likeness (QED) is 0.481. The van der Waals surface area contributed by atoms with Crippen LogP contribution in [0.25, 0.3) is 10.2 Å². The van der Waals surface area contributed by atoms with Crippen LogP contribution < -0.4 is 4.80 Å². The number of aromatic nitrogens is 1. The average Bonchev–Trinajstić information content (AvgIpc) is 3.26. The van der Waals surface area contributed by atoms with Crippen LogP contribution in [0.15, 0.2) is 39.1 Å². The summed E-state index contributed by atoms with van der Waals surface area (Å²) in [6.45, 7) is 3.90. The number of halogens is 1. The molecule has 0 atom stereocenters. The maximum atomic E-state index is 12.6. The highest BCUT2D eigenvalue weighted by atomic mass is 79.9. The number of thiazole rings is 1. The molecule has 0 fully saturated rings. The molecule has 0 aliphatic heterocycles. The van der Waals surface area contributed by atoms with Crippen LogP contribution in [0.2, 0.25) is 0 Å². The van der Waals surface area contributed by atoms with Crippen molar-refractivity contribution in [1.82, 2.24) is 4.57 Å². The lowest BCUT2D eigenvalue weighted by molar-refractivity contribution is -0.143. The van der Waals surface area contributed by atoms with Crippen LogP contribution in [0.5, 0.6) is 0 Å². The highest BCUT2D eigenvalue weighted by molar-refractivity contribution is 9.11. The second kappa shape index (κ2) is 9.47. The molecule has 3 rings (SSSR count). The summed E-state index contributed by atoms with van der Waals surface area (Å²) in [4.78, 5) is 41.7. The first-order chi connectivity index (χ1) is 13.9. The molecule has 0 saturated heterocycles. The van der Waals surface area contributed by atoms with E-state index in [9.17, 15) is 14.4 Å². The van der Waals surface area contributed by atoms with Crippen LogP contribution in [0.4, 0.5) is 0 Å². The summed E-state index contributed by atoms with van der Waals surface area (Å²) in [5.74, 6) is -1.28. The van der Waals surface area contributed by atoms with Crippen molar-refractivity contribution in [1.29, 1.82) is 0 Å². The molecule has 0 N–H and O–H groups in total. The summed E-state index contributed by atoms with van der Waals surface area (Å²) in [5.41, 5.74) is 1.07. The predicted octanol–water partition coefficient (Wildman–Crippen LogP) is 4.01. The number of amides is 1. The maximum absolute atomic E-state index is 12.6. The highest BCUT2D eigenvalue weighted by Gasteiger charge is 2.16. The fourth-order valence-electron chi connectivity index (χ4n) is 2.56. The number of thiophene rings is 1. The van der Waals surface area contributed by atoms with Gasteiger partial charge in [-0.05, 0) is 60.1 Å². The van der Waals surface area contributed by atoms with Gasteiger partial charge in [-0.2, -0.15) is 4.99 Å². The number of hydrogen-bond acceptors (Lipinski definition) is 7. The Bertz CT molecular complexity index is 1150. The van der Waals surface area contributed by atoms with Crippen LogP contribution >= 0.6 is 38.6 Å². The Morgan fingerprint density at radius 2 is 1.83 bits per heavy atom. The van der Waals surface area contributed by atoms with Crippen molar-refractivity contribution in [2.24, 2.45) is 4.99 Å². The number of hydrogen-bond donors (Lipinski definition) is 0. The van der Waals surface area contributed by atoms with E-state index in [1.807, 2.05) is 0 Å². The first-order valence-electron chi connectivity index (χ1n) is 8.73. The highest BCUT2D eigenvalue weighted by Crippen LogP contribution is 2.23. The lowest BCUT2D eigenvalue weighted by Gasteiger charge is -2.06. The van der Waals surface area contributed by atoms with Crippen molar-refractivity contribution in [2.75, 3.05) is 13.2 Å². The lowest BCUT2D eigenvalue weighted by Crippen LogP contribution is -2.23. The van der Waals surface area contributed by atoms with Gasteiger partial charge < -0.3 is 14.0 Å². The van der Waals surface area contributed by atoms with Crippen LogP contribution in [-0.2, 0) is 20.8 Å². The average molecular weight is 497 g/mol. The molecule has 0 saturated carbocycles. The molecule has 1 aromatic carbocycles. The van der Waals surface area contributed by atoms with Gasteiger partial charge in [0.1, 0.15) is 6.54 Å². The summed E-state index contributed by atoms with van der Waals surface area (Å²) >= 11 is 5.82. The first kappa shape index (κ1) is 21.4. The van der Waals surface area contributed by atoms with E-state index in [4.69, 9.17) is 9.47 Å². The normalized spacial score (nSPS) is 11.6. The van der Waals surface area contributed by atoms with Crippen LogP contribution in [-0.4, -0.2) is 35.6 Å². The van der Waals surface area contributed by atoms with Crippen molar-refractivity contribution >= 4 is 66.7 Å². The molecule has 2 heterocycles. The third kappa shape index (κ3) is 5.01. The second-order valence-electron chi connectivity index (χ2n) is 5.70. The van der Waals surface area contributed by atoms with Crippen molar-refractivity contribution in [3.8, 4) is 0 Å². The monoisotopic (exact) mass is 496 g/mol. The zero-order valence-electron chi connectivity index (χ0n) is 15.6. The Kier molecular flexibility index (Phi) is 6.99. The number of fused-ring (bicyclic) bond motifs is 1. The fraction of sp³-hybridized carbons (Fsp3) is 0.263. The minimum atomic E-state index is -0.436. The van der Waals surface area contributed by atoms with Crippen LogP contribution in [0.1, 0.15) is 33.9 Å². The smallest absolute Gasteiger partial charge is 0.338 e. The van der Waals surface area contributed by atoms with Gasteiger partial charge in [0.2, 0.25) is 0 Å². The van der Waals surface area contributed by atoms with Gasteiger partial charge in [-0.1, -0.05) is 11.3 Å². The zero-order valence-corrected chi connectivity index (χ0v) is 18.9. The predicted molar refractivity (Wildman–Crippen MR) is 114 cm³/mol. The van der Waals surface area contributed by atoms with Crippen molar-refractivity contribution in [3.05, 3.63) is 49.4 Å². The van der Waals surface area contributed by atoms with Crippen molar-refractivity contribution in [2.45, 2.75) is 20.4 Å². The van der Waals surface area contributed by atoms with Crippen molar-refractivity contribution in [3.63, 3.8) is 0 Å². The minimum Gasteiger partial charge on any atom is -0.465 e. The van der Waals surface area contributed by atoms with Gasteiger partial charge in [0.25, 0.3) is 5.91 Å². The number of esters is 2. The van der Waals surface area contributed by atoms with E-state index in [0.29, 0.717) is 25.5 Å². The third-order valence-electron chi connectivity index (χ3n) is 3.77. The standard InChI is InChI=1S/C19H17BrN2O5S2/c1-3-26-16(23)10-22-12-6-5-11(18(25)27-4-2)9-14(12)29-19(22)21-17(24)13-7-8-15(20)28-13/h5-9H,3-4,10H2,1-2H3. The summed E-state index contributed by atoms with van der Waals surface area (Å²) in [5, 5.41) is 0. The van der Waals surface area contributed by atoms with Crippen LogP contribution in [0.3, 0.4) is 0 Å². The van der Waals surface area contributed by atoms with E-state index in [1.165, 1.54) is 22.7 Å². The molecular formula is C19H17BrN2O5S2.